The average Bonchev–Trinajstić information content (AvgIpc) is 3.06. The van der Waals surface area contributed by atoms with E-state index in [1.807, 2.05) is 39.8 Å². The van der Waals surface area contributed by atoms with Crippen LogP contribution in [0.15, 0.2) is 58.4 Å². The van der Waals surface area contributed by atoms with E-state index in [1.165, 1.54) is 6.07 Å². The second-order valence-corrected chi connectivity index (χ2v) is 10.1. The summed E-state index contributed by atoms with van der Waals surface area (Å²) in [4.78, 5) is 29.5. The van der Waals surface area contributed by atoms with E-state index in [2.05, 4.69) is 20.3 Å². The van der Waals surface area contributed by atoms with Crippen molar-refractivity contribution < 1.29 is 18.0 Å². The molecule has 0 fully saturated rings. The number of amides is 2. The van der Waals surface area contributed by atoms with Gasteiger partial charge in [-0.3, -0.25) is 19.3 Å². The molecule has 0 aromatic heterocycles. The fourth-order valence-electron chi connectivity index (χ4n) is 3.32. The van der Waals surface area contributed by atoms with Crippen molar-refractivity contribution in [2.24, 2.45) is 16.8 Å². The first-order valence-electron chi connectivity index (χ1n) is 11.0. The molecular weight excluding hydrogens is 440 g/mol. The number of rotatable bonds is 8. The Morgan fingerprint density at radius 1 is 1.00 bits per heavy atom. The highest BCUT2D eigenvalue weighted by atomic mass is 32.2. The minimum Gasteiger partial charge on any atom is -0.350 e. The molecule has 176 valence electrons. The molecule has 1 heterocycles. The number of fused-ring (bicyclic) bond motifs is 1. The second-order valence-electron chi connectivity index (χ2n) is 8.47. The third kappa shape index (κ3) is 5.78. The molecular formula is C24H30N4O4S. The van der Waals surface area contributed by atoms with Gasteiger partial charge in [0.15, 0.2) is 0 Å². The fraction of sp³-hybridized carbons (Fsp3) is 0.375. The van der Waals surface area contributed by atoms with Gasteiger partial charge in [-0.1, -0.05) is 58.4 Å². The maximum Gasteiger partial charge on any atom is 0.263 e. The Morgan fingerprint density at radius 3 is 2.30 bits per heavy atom. The lowest BCUT2D eigenvalue weighted by atomic mass is 9.98. The third-order valence-electron chi connectivity index (χ3n) is 5.60. The Morgan fingerprint density at radius 2 is 1.67 bits per heavy atom. The lowest BCUT2D eigenvalue weighted by Gasteiger charge is -2.19. The summed E-state index contributed by atoms with van der Waals surface area (Å²) in [5.74, 6) is -0.354. The topological polar surface area (TPSA) is 117 Å². The van der Waals surface area contributed by atoms with Gasteiger partial charge in [-0.15, -0.1) is 0 Å². The minimum absolute atomic E-state index is 0.0596. The minimum atomic E-state index is -3.67. The van der Waals surface area contributed by atoms with Gasteiger partial charge in [-0.05, 0) is 35.7 Å². The van der Waals surface area contributed by atoms with E-state index in [0.717, 1.165) is 5.56 Å². The molecule has 2 amide bonds. The number of nitrogens with zero attached hydrogens (tertiary/aromatic N) is 1. The van der Waals surface area contributed by atoms with Crippen molar-refractivity contribution in [2.75, 3.05) is 5.32 Å². The van der Waals surface area contributed by atoms with Crippen LogP contribution in [-0.2, 0) is 26.2 Å². The summed E-state index contributed by atoms with van der Waals surface area (Å²) >= 11 is 0. The molecule has 3 N–H and O–H groups in total. The molecule has 0 bridgehead atoms. The predicted molar refractivity (Wildman–Crippen MR) is 128 cm³/mol. The van der Waals surface area contributed by atoms with E-state index in [1.54, 1.807) is 30.3 Å². The second kappa shape index (κ2) is 10.2. The maximum absolute atomic E-state index is 13.0. The van der Waals surface area contributed by atoms with Crippen molar-refractivity contribution in [3.63, 3.8) is 0 Å². The first-order chi connectivity index (χ1) is 15.6. The molecule has 33 heavy (non-hydrogen) atoms. The number of sulfonamides is 1. The van der Waals surface area contributed by atoms with E-state index in [-0.39, 0.29) is 40.9 Å². The summed E-state index contributed by atoms with van der Waals surface area (Å²) in [5.41, 5.74) is 2.03. The van der Waals surface area contributed by atoms with E-state index in [9.17, 15) is 18.0 Å². The monoisotopic (exact) mass is 470 g/mol. The van der Waals surface area contributed by atoms with Gasteiger partial charge in [0.2, 0.25) is 11.8 Å². The van der Waals surface area contributed by atoms with Crippen molar-refractivity contribution in [2.45, 2.75) is 51.6 Å². The van der Waals surface area contributed by atoms with Crippen LogP contribution >= 0.6 is 0 Å². The molecule has 1 aliphatic heterocycles. The molecule has 3 rings (SSSR count). The molecule has 0 unspecified atom stereocenters. The number of hydrogen-bond acceptors (Lipinski definition) is 5. The van der Waals surface area contributed by atoms with E-state index in [4.69, 9.17) is 0 Å². The first kappa shape index (κ1) is 24.4. The zero-order chi connectivity index (χ0) is 24.2. The Hall–Kier alpha value is -3.20. The van der Waals surface area contributed by atoms with Gasteiger partial charge in [0, 0.05) is 23.7 Å². The quantitative estimate of drug-likeness (QED) is 0.550. The van der Waals surface area contributed by atoms with Gasteiger partial charge in [0.25, 0.3) is 10.0 Å². The standard InChI is InChI=1S/C24H30N4O4S/c1-5-16(4)21(27-22-19-8-6-7-9-20(19)33(31,32)28-22)24(30)25-14-17-10-12-18(13-11-17)26-23(29)15(2)3/h6-13,15-16,21H,5,14H2,1-4H3,(H,25,30)(H,26,29)(H,27,28)/t16-,21-/m0/s1. The Kier molecular flexibility index (Phi) is 7.53. The van der Waals surface area contributed by atoms with Crippen LogP contribution < -0.4 is 15.4 Å². The molecule has 0 saturated carbocycles. The van der Waals surface area contributed by atoms with Crippen LogP contribution in [0.5, 0.6) is 0 Å². The molecule has 0 aliphatic carbocycles. The number of hydrogen-bond donors (Lipinski definition) is 3. The Bertz CT molecular complexity index is 1160. The largest absolute Gasteiger partial charge is 0.350 e. The average molecular weight is 471 g/mol. The summed E-state index contributed by atoms with van der Waals surface area (Å²) in [6.07, 6.45) is 0.702. The highest BCUT2D eigenvalue weighted by molar-refractivity contribution is 7.90. The predicted octanol–water partition coefficient (Wildman–Crippen LogP) is 3.05. The fourth-order valence-corrected chi connectivity index (χ4v) is 4.56. The van der Waals surface area contributed by atoms with Gasteiger partial charge in [-0.2, -0.15) is 0 Å². The SMILES string of the molecule is CC[C@H](C)[C@H](N=C1NS(=O)(=O)c2ccccc21)C(=O)NCc1ccc(NC(=O)C(C)C)cc1. The molecule has 9 heteroatoms. The smallest absolute Gasteiger partial charge is 0.263 e. The zero-order valence-corrected chi connectivity index (χ0v) is 20.1. The molecule has 8 nitrogen and oxygen atoms in total. The molecule has 1 aliphatic rings. The highest BCUT2D eigenvalue weighted by Gasteiger charge is 2.33. The zero-order valence-electron chi connectivity index (χ0n) is 19.3. The van der Waals surface area contributed by atoms with Gasteiger partial charge in [-0.25, -0.2) is 8.42 Å². The number of anilines is 1. The van der Waals surface area contributed by atoms with Gasteiger partial charge in [0.05, 0.1) is 4.90 Å². The van der Waals surface area contributed by atoms with Crippen LogP contribution in [0.4, 0.5) is 5.69 Å². The number of benzene rings is 2. The highest BCUT2D eigenvalue weighted by Crippen LogP contribution is 2.24. The van der Waals surface area contributed by atoms with Crippen LogP contribution in [0.2, 0.25) is 0 Å². The number of amidine groups is 1. The lowest BCUT2D eigenvalue weighted by molar-refractivity contribution is -0.123. The molecule has 2 aromatic rings. The van der Waals surface area contributed by atoms with E-state index < -0.39 is 16.1 Å². The van der Waals surface area contributed by atoms with E-state index in [0.29, 0.717) is 17.7 Å². The van der Waals surface area contributed by atoms with Crippen LogP contribution in [0.25, 0.3) is 0 Å². The van der Waals surface area contributed by atoms with Crippen LogP contribution in [0.1, 0.15) is 45.2 Å². The van der Waals surface area contributed by atoms with Crippen LogP contribution in [0.3, 0.4) is 0 Å². The molecule has 0 radical (unpaired) electrons. The molecule has 2 atom stereocenters. The van der Waals surface area contributed by atoms with Crippen molar-refractivity contribution in [1.29, 1.82) is 0 Å². The van der Waals surface area contributed by atoms with Crippen molar-refractivity contribution in [3.8, 4) is 0 Å². The number of nitrogens with one attached hydrogen (secondary N) is 3. The normalized spacial score (nSPS) is 17.2. The molecule has 2 aromatic carbocycles. The van der Waals surface area contributed by atoms with Crippen molar-refractivity contribution in [1.82, 2.24) is 10.0 Å². The van der Waals surface area contributed by atoms with E-state index >= 15 is 0 Å². The third-order valence-corrected chi connectivity index (χ3v) is 6.99. The van der Waals surface area contributed by atoms with Gasteiger partial charge >= 0.3 is 0 Å². The number of carbonyl (C=O) groups is 2. The van der Waals surface area contributed by atoms with Crippen molar-refractivity contribution in [3.05, 3.63) is 59.7 Å². The number of carbonyl (C=O) groups excluding carboxylic acids is 2. The summed E-state index contributed by atoms with van der Waals surface area (Å²) < 4.78 is 27.2. The lowest BCUT2D eigenvalue weighted by Crippen LogP contribution is -2.38. The summed E-state index contributed by atoms with van der Waals surface area (Å²) in [6, 6.07) is 13.1. The van der Waals surface area contributed by atoms with Crippen molar-refractivity contribution >= 4 is 33.4 Å². The summed E-state index contributed by atoms with van der Waals surface area (Å²) in [6.45, 7) is 7.81. The van der Waals surface area contributed by atoms with Gasteiger partial charge in [0.1, 0.15) is 11.9 Å². The van der Waals surface area contributed by atoms with Crippen LogP contribution in [0, 0.1) is 11.8 Å². The Labute approximate surface area is 194 Å². The van der Waals surface area contributed by atoms with Gasteiger partial charge < -0.3 is 10.6 Å². The first-order valence-corrected chi connectivity index (χ1v) is 12.5. The number of aliphatic imine (C=N–C) groups is 1. The van der Waals surface area contributed by atoms with Crippen LogP contribution in [-0.4, -0.2) is 32.1 Å². The molecule has 0 spiro atoms. The molecule has 0 saturated heterocycles. The Balaban J connectivity index is 1.72. The summed E-state index contributed by atoms with van der Waals surface area (Å²) in [5, 5.41) is 5.73. The maximum atomic E-state index is 13.0. The summed E-state index contributed by atoms with van der Waals surface area (Å²) in [7, 11) is -3.67.